The second kappa shape index (κ2) is 7.61. The van der Waals surface area contributed by atoms with Crippen LogP contribution >= 0.6 is 11.8 Å². The van der Waals surface area contributed by atoms with Crippen LogP contribution in [0.5, 0.6) is 5.75 Å². The van der Waals surface area contributed by atoms with Crippen molar-refractivity contribution in [1.29, 1.82) is 0 Å². The second-order valence-electron chi connectivity index (χ2n) is 5.76. The van der Waals surface area contributed by atoms with E-state index in [1.54, 1.807) is 12.1 Å². The van der Waals surface area contributed by atoms with Crippen molar-refractivity contribution in [2.45, 2.75) is 24.0 Å². The fourth-order valence-electron chi connectivity index (χ4n) is 2.35. The van der Waals surface area contributed by atoms with Crippen LogP contribution in [0.3, 0.4) is 0 Å². The van der Waals surface area contributed by atoms with E-state index in [-0.39, 0.29) is 24.4 Å². The average Bonchev–Trinajstić information content (AvgIpc) is 2.60. The molecule has 0 spiro atoms. The van der Waals surface area contributed by atoms with Crippen molar-refractivity contribution in [2.75, 3.05) is 18.5 Å². The van der Waals surface area contributed by atoms with Crippen LogP contribution in [0.1, 0.15) is 22.8 Å². The molecule has 0 saturated carbocycles. The molecule has 130 valence electrons. The number of fused-ring (bicyclic) bond motifs is 1. The summed E-state index contributed by atoms with van der Waals surface area (Å²) in [4.78, 5) is 24.8. The Bertz CT molecular complexity index is 789. The Kier molecular flexibility index (Phi) is 5.28. The number of ether oxygens (including phenoxy) is 2. The molecular formula is C19H19NO4S. The molecular weight excluding hydrogens is 338 g/mol. The molecule has 0 fully saturated rings. The third kappa shape index (κ3) is 4.33. The van der Waals surface area contributed by atoms with Gasteiger partial charge in [-0.1, -0.05) is 17.7 Å². The van der Waals surface area contributed by atoms with Gasteiger partial charge in [0, 0.05) is 4.90 Å². The smallest absolute Gasteiger partial charge is 0.338 e. The minimum Gasteiger partial charge on any atom is -0.490 e. The minimum absolute atomic E-state index is 0.0606. The Morgan fingerprint density at radius 2 is 1.92 bits per heavy atom. The highest BCUT2D eigenvalue weighted by Gasteiger charge is 2.23. The van der Waals surface area contributed by atoms with E-state index < -0.39 is 5.97 Å². The van der Waals surface area contributed by atoms with E-state index in [1.807, 2.05) is 44.2 Å². The van der Waals surface area contributed by atoms with Crippen molar-refractivity contribution in [3.63, 3.8) is 0 Å². The topological polar surface area (TPSA) is 64.6 Å². The van der Waals surface area contributed by atoms with Crippen LogP contribution in [0.2, 0.25) is 0 Å². The molecule has 0 saturated heterocycles. The first kappa shape index (κ1) is 17.4. The summed E-state index contributed by atoms with van der Waals surface area (Å²) in [6.07, 6.45) is 0. The van der Waals surface area contributed by atoms with Crippen LogP contribution in [-0.4, -0.2) is 30.3 Å². The number of carbonyl (C=O) groups excluding carboxylic acids is 2. The van der Waals surface area contributed by atoms with Crippen LogP contribution in [0.25, 0.3) is 0 Å². The van der Waals surface area contributed by atoms with Gasteiger partial charge >= 0.3 is 5.97 Å². The van der Waals surface area contributed by atoms with E-state index in [9.17, 15) is 9.59 Å². The number of benzene rings is 2. The summed E-state index contributed by atoms with van der Waals surface area (Å²) in [6, 6.07) is 12.9. The molecule has 0 radical (unpaired) electrons. The van der Waals surface area contributed by atoms with Gasteiger partial charge in [0.1, 0.15) is 19.0 Å². The SMILES string of the molecule is Cc1ccc(OCCOC(=O)c2ccc3c(c2)NC(=O)C(C)S3)cc1. The van der Waals surface area contributed by atoms with Crippen molar-refractivity contribution in [3.05, 3.63) is 53.6 Å². The lowest BCUT2D eigenvalue weighted by Gasteiger charge is -2.21. The molecule has 1 unspecified atom stereocenters. The number of thioether (sulfide) groups is 1. The number of hydrogen-bond donors (Lipinski definition) is 1. The maximum Gasteiger partial charge on any atom is 0.338 e. The highest BCUT2D eigenvalue weighted by Crippen LogP contribution is 2.36. The molecule has 2 aromatic rings. The molecule has 1 heterocycles. The quantitative estimate of drug-likeness (QED) is 0.653. The lowest BCUT2D eigenvalue weighted by Crippen LogP contribution is -2.26. The highest BCUT2D eigenvalue weighted by atomic mass is 32.2. The Hall–Kier alpha value is -2.47. The van der Waals surface area contributed by atoms with Gasteiger partial charge in [-0.2, -0.15) is 0 Å². The number of carbonyl (C=O) groups is 2. The second-order valence-corrected chi connectivity index (χ2v) is 7.14. The summed E-state index contributed by atoms with van der Waals surface area (Å²) >= 11 is 1.48. The number of esters is 1. The predicted molar refractivity (Wildman–Crippen MR) is 97.3 cm³/mol. The van der Waals surface area contributed by atoms with Crippen LogP contribution in [0.15, 0.2) is 47.4 Å². The minimum atomic E-state index is -0.437. The van der Waals surface area contributed by atoms with E-state index in [1.165, 1.54) is 11.8 Å². The van der Waals surface area contributed by atoms with Gasteiger partial charge in [0.25, 0.3) is 0 Å². The maximum atomic E-state index is 12.1. The lowest BCUT2D eigenvalue weighted by molar-refractivity contribution is -0.115. The zero-order valence-corrected chi connectivity index (χ0v) is 14.9. The third-order valence-corrected chi connectivity index (χ3v) is 4.93. The molecule has 6 heteroatoms. The number of hydrogen-bond acceptors (Lipinski definition) is 5. The first-order valence-electron chi connectivity index (χ1n) is 8.01. The zero-order valence-electron chi connectivity index (χ0n) is 14.1. The molecule has 1 amide bonds. The number of amides is 1. The zero-order chi connectivity index (χ0) is 17.8. The fourth-order valence-corrected chi connectivity index (χ4v) is 3.28. The van der Waals surface area contributed by atoms with Gasteiger partial charge in [0.2, 0.25) is 5.91 Å². The number of aryl methyl sites for hydroxylation is 1. The largest absolute Gasteiger partial charge is 0.490 e. The highest BCUT2D eigenvalue weighted by molar-refractivity contribution is 8.00. The summed E-state index contributed by atoms with van der Waals surface area (Å²) in [6.45, 7) is 4.29. The molecule has 2 aromatic carbocycles. The first-order chi connectivity index (χ1) is 12.0. The van der Waals surface area contributed by atoms with Crippen LogP contribution < -0.4 is 10.1 Å². The summed E-state index contributed by atoms with van der Waals surface area (Å²) in [5, 5.41) is 2.67. The van der Waals surface area contributed by atoms with Gasteiger partial charge in [-0.15, -0.1) is 11.8 Å². The number of nitrogens with one attached hydrogen (secondary N) is 1. The van der Waals surface area contributed by atoms with Crippen molar-refractivity contribution >= 4 is 29.3 Å². The molecule has 25 heavy (non-hydrogen) atoms. The van der Waals surface area contributed by atoms with Crippen LogP contribution in [-0.2, 0) is 9.53 Å². The monoisotopic (exact) mass is 357 g/mol. The molecule has 3 rings (SSSR count). The molecule has 1 aliphatic heterocycles. The fraction of sp³-hybridized carbons (Fsp3) is 0.263. The van der Waals surface area contributed by atoms with Gasteiger partial charge in [-0.25, -0.2) is 4.79 Å². The van der Waals surface area contributed by atoms with Crippen molar-refractivity contribution in [3.8, 4) is 5.75 Å². The average molecular weight is 357 g/mol. The van der Waals surface area contributed by atoms with Gasteiger partial charge in [-0.05, 0) is 44.2 Å². The van der Waals surface area contributed by atoms with Gasteiger partial charge in [0.05, 0.1) is 16.5 Å². The van der Waals surface area contributed by atoms with E-state index in [2.05, 4.69) is 5.32 Å². The van der Waals surface area contributed by atoms with Crippen LogP contribution in [0.4, 0.5) is 5.69 Å². The summed E-state index contributed by atoms with van der Waals surface area (Å²) in [5.41, 5.74) is 2.22. The van der Waals surface area contributed by atoms with E-state index in [0.717, 1.165) is 16.2 Å². The molecule has 0 aromatic heterocycles. The Labute approximate surface area is 150 Å². The molecule has 0 bridgehead atoms. The maximum absolute atomic E-state index is 12.1. The van der Waals surface area contributed by atoms with Crippen molar-refractivity contribution < 1.29 is 19.1 Å². The normalized spacial score (nSPS) is 15.9. The van der Waals surface area contributed by atoms with E-state index in [4.69, 9.17) is 9.47 Å². The molecule has 0 aliphatic carbocycles. The van der Waals surface area contributed by atoms with Crippen molar-refractivity contribution in [2.24, 2.45) is 0 Å². The van der Waals surface area contributed by atoms with Gasteiger partial charge in [0.15, 0.2) is 0 Å². The van der Waals surface area contributed by atoms with E-state index >= 15 is 0 Å². The van der Waals surface area contributed by atoms with Gasteiger partial charge < -0.3 is 14.8 Å². The predicted octanol–water partition coefficient (Wildman–Crippen LogP) is 3.66. The summed E-state index contributed by atoms with van der Waals surface area (Å²) < 4.78 is 10.8. The molecule has 5 nitrogen and oxygen atoms in total. The molecule has 1 atom stereocenters. The first-order valence-corrected chi connectivity index (χ1v) is 8.89. The Morgan fingerprint density at radius 3 is 2.68 bits per heavy atom. The number of anilines is 1. The standard InChI is InChI=1S/C19H19NO4S/c1-12-3-6-15(7-4-12)23-9-10-24-19(22)14-5-8-17-16(11-14)20-18(21)13(2)25-17/h3-8,11,13H,9-10H2,1-2H3,(H,20,21). The summed E-state index contributed by atoms with van der Waals surface area (Å²) in [7, 11) is 0. The Balaban J connectivity index is 1.52. The van der Waals surface area contributed by atoms with Crippen LogP contribution in [0, 0.1) is 6.92 Å². The van der Waals surface area contributed by atoms with Crippen molar-refractivity contribution in [1.82, 2.24) is 0 Å². The Morgan fingerprint density at radius 1 is 1.16 bits per heavy atom. The van der Waals surface area contributed by atoms with Gasteiger partial charge in [-0.3, -0.25) is 4.79 Å². The summed E-state index contributed by atoms with van der Waals surface area (Å²) in [5.74, 6) is 0.243. The molecule has 1 N–H and O–H groups in total. The number of rotatable bonds is 5. The van der Waals surface area contributed by atoms with E-state index in [0.29, 0.717) is 11.3 Å². The lowest BCUT2D eigenvalue weighted by atomic mass is 10.2. The third-order valence-electron chi connectivity index (χ3n) is 3.75. The molecule has 1 aliphatic rings.